The summed E-state index contributed by atoms with van der Waals surface area (Å²) >= 11 is 5.93. The quantitative estimate of drug-likeness (QED) is 0.536. The van der Waals surface area contributed by atoms with Crippen LogP contribution in [0, 0.1) is 6.92 Å². The Kier molecular flexibility index (Phi) is 6.75. The fourth-order valence-corrected chi connectivity index (χ4v) is 2.87. The molecule has 0 spiro atoms. The summed E-state index contributed by atoms with van der Waals surface area (Å²) in [5, 5.41) is 6.13. The molecule has 3 rings (SSSR count). The van der Waals surface area contributed by atoms with Crippen LogP contribution in [-0.4, -0.2) is 17.9 Å². The summed E-state index contributed by atoms with van der Waals surface area (Å²) in [6.07, 6.45) is 1.52. The number of amides is 2. The molecule has 0 radical (unpaired) electrons. The normalized spacial score (nSPS) is 11.4. The summed E-state index contributed by atoms with van der Waals surface area (Å²) in [6, 6.07) is 17.8. The Hall–Kier alpha value is -3.31. The van der Waals surface area contributed by atoms with E-state index in [-0.39, 0.29) is 17.6 Å². The lowest BCUT2D eigenvalue weighted by Gasteiger charge is -2.13. The molecule has 2 N–H and O–H groups in total. The van der Waals surface area contributed by atoms with Crippen LogP contribution in [0.25, 0.3) is 17.4 Å². The molecule has 0 aliphatic carbocycles. The number of nitrogens with one attached hydrogen (secondary N) is 2. The van der Waals surface area contributed by atoms with Crippen molar-refractivity contribution in [3.8, 4) is 11.3 Å². The van der Waals surface area contributed by atoms with Crippen LogP contribution >= 0.6 is 11.6 Å². The number of halogens is 1. The molecular formula is C24H23ClN2O3. The third kappa shape index (κ3) is 5.61. The molecule has 0 saturated carbocycles. The third-order valence-electron chi connectivity index (χ3n) is 4.27. The minimum Gasteiger partial charge on any atom is -0.457 e. The van der Waals surface area contributed by atoms with E-state index >= 15 is 0 Å². The van der Waals surface area contributed by atoms with E-state index in [2.05, 4.69) is 10.6 Å². The summed E-state index contributed by atoms with van der Waals surface area (Å²) in [5.41, 5.74) is 2.47. The molecule has 2 aromatic carbocycles. The lowest BCUT2D eigenvalue weighted by Crippen LogP contribution is -2.38. The van der Waals surface area contributed by atoms with Gasteiger partial charge in [-0.05, 0) is 69.3 Å². The standard InChI is InChI=1S/C24H23ClN2O3/c1-15(2)26-24(29)21(27-23(28)18-6-4-16(3)5-7-18)14-20-12-13-22(30-20)17-8-10-19(25)11-9-17/h4-15H,1-3H3,(H,26,29)(H,27,28)/b21-14+. The van der Waals surface area contributed by atoms with Crippen molar-refractivity contribution in [1.29, 1.82) is 0 Å². The zero-order chi connectivity index (χ0) is 21.7. The van der Waals surface area contributed by atoms with Crippen LogP contribution in [0.3, 0.4) is 0 Å². The maximum Gasteiger partial charge on any atom is 0.268 e. The van der Waals surface area contributed by atoms with Crippen LogP contribution < -0.4 is 10.6 Å². The summed E-state index contributed by atoms with van der Waals surface area (Å²) in [6.45, 7) is 5.64. The lowest BCUT2D eigenvalue weighted by atomic mass is 10.1. The first-order chi connectivity index (χ1) is 14.3. The third-order valence-corrected chi connectivity index (χ3v) is 4.52. The van der Waals surface area contributed by atoms with Gasteiger partial charge in [0.15, 0.2) is 0 Å². The average Bonchev–Trinajstić information content (AvgIpc) is 3.16. The van der Waals surface area contributed by atoms with Crippen LogP contribution in [-0.2, 0) is 4.79 Å². The van der Waals surface area contributed by atoms with E-state index < -0.39 is 5.91 Å². The Morgan fingerprint density at radius 2 is 1.63 bits per heavy atom. The van der Waals surface area contributed by atoms with Gasteiger partial charge >= 0.3 is 0 Å². The van der Waals surface area contributed by atoms with Crippen molar-refractivity contribution in [1.82, 2.24) is 10.6 Å². The maximum absolute atomic E-state index is 12.6. The molecule has 3 aromatic rings. The Morgan fingerprint density at radius 1 is 0.967 bits per heavy atom. The Labute approximate surface area is 180 Å². The summed E-state index contributed by atoms with van der Waals surface area (Å²) < 4.78 is 5.85. The molecule has 0 aliphatic heterocycles. The highest BCUT2D eigenvalue weighted by atomic mass is 35.5. The van der Waals surface area contributed by atoms with Gasteiger partial charge in [0.1, 0.15) is 17.2 Å². The number of carbonyl (C=O) groups excluding carboxylic acids is 2. The predicted octanol–water partition coefficient (Wildman–Crippen LogP) is 5.20. The van der Waals surface area contributed by atoms with E-state index in [0.29, 0.717) is 22.1 Å². The Morgan fingerprint density at radius 3 is 2.27 bits per heavy atom. The van der Waals surface area contributed by atoms with Gasteiger partial charge in [0.05, 0.1) is 0 Å². The van der Waals surface area contributed by atoms with Crippen LogP contribution in [0.5, 0.6) is 0 Å². The fraction of sp³-hybridized carbons (Fsp3) is 0.167. The minimum absolute atomic E-state index is 0.0848. The number of hydrogen-bond donors (Lipinski definition) is 2. The van der Waals surface area contributed by atoms with E-state index in [0.717, 1.165) is 11.1 Å². The van der Waals surface area contributed by atoms with Crippen LogP contribution in [0.15, 0.2) is 70.8 Å². The molecule has 154 valence electrons. The number of benzene rings is 2. The van der Waals surface area contributed by atoms with Gasteiger partial charge in [-0.2, -0.15) is 0 Å². The van der Waals surface area contributed by atoms with Crippen molar-refractivity contribution in [2.75, 3.05) is 0 Å². The van der Waals surface area contributed by atoms with Crippen LogP contribution in [0.1, 0.15) is 35.5 Å². The van der Waals surface area contributed by atoms with Gasteiger partial charge in [0.2, 0.25) is 0 Å². The molecule has 6 heteroatoms. The van der Waals surface area contributed by atoms with Crippen molar-refractivity contribution in [3.05, 3.63) is 88.3 Å². The molecule has 0 fully saturated rings. The first kappa shape index (κ1) is 21.4. The highest BCUT2D eigenvalue weighted by Crippen LogP contribution is 2.24. The smallest absolute Gasteiger partial charge is 0.268 e. The number of furan rings is 1. The van der Waals surface area contributed by atoms with E-state index in [1.165, 1.54) is 6.08 Å². The Bertz CT molecular complexity index is 1060. The summed E-state index contributed by atoms with van der Waals surface area (Å²) in [4.78, 5) is 25.3. The van der Waals surface area contributed by atoms with Gasteiger partial charge < -0.3 is 15.1 Å². The van der Waals surface area contributed by atoms with Gasteiger partial charge in [-0.15, -0.1) is 0 Å². The molecule has 0 saturated heterocycles. The lowest BCUT2D eigenvalue weighted by molar-refractivity contribution is -0.118. The molecule has 0 unspecified atom stereocenters. The minimum atomic E-state index is -0.394. The van der Waals surface area contributed by atoms with Crippen molar-refractivity contribution < 1.29 is 14.0 Å². The number of rotatable bonds is 6. The maximum atomic E-state index is 12.6. The second kappa shape index (κ2) is 9.46. The SMILES string of the molecule is Cc1ccc(C(=O)N/C(=C/c2ccc(-c3ccc(Cl)cc3)o2)C(=O)NC(C)C)cc1. The Balaban J connectivity index is 1.87. The molecule has 2 amide bonds. The van der Waals surface area contributed by atoms with Gasteiger partial charge in [-0.3, -0.25) is 9.59 Å². The van der Waals surface area contributed by atoms with E-state index in [1.807, 2.05) is 45.0 Å². The van der Waals surface area contributed by atoms with Crippen LogP contribution in [0.4, 0.5) is 0 Å². The largest absolute Gasteiger partial charge is 0.457 e. The van der Waals surface area contributed by atoms with Crippen LogP contribution in [0.2, 0.25) is 5.02 Å². The second-order valence-electron chi connectivity index (χ2n) is 7.22. The van der Waals surface area contributed by atoms with Gasteiger partial charge in [-0.1, -0.05) is 29.3 Å². The first-order valence-electron chi connectivity index (χ1n) is 9.58. The van der Waals surface area contributed by atoms with E-state index in [1.54, 1.807) is 36.4 Å². The second-order valence-corrected chi connectivity index (χ2v) is 7.65. The highest BCUT2D eigenvalue weighted by molar-refractivity contribution is 6.30. The number of carbonyl (C=O) groups is 2. The van der Waals surface area contributed by atoms with Gasteiger partial charge in [0, 0.05) is 28.3 Å². The summed E-state index contributed by atoms with van der Waals surface area (Å²) in [7, 11) is 0. The molecular weight excluding hydrogens is 400 g/mol. The molecule has 1 heterocycles. The van der Waals surface area contributed by atoms with Gasteiger partial charge in [0.25, 0.3) is 11.8 Å². The first-order valence-corrected chi connectivity index (χ1v) is 9.96. The average molecular weight is 423 g/mol. The molecule has 5 nitrogen and oxygen atoms in total. The molecule has 0 bridgehead atoms. The van der Waals surface area contributed by atoms with Crippen molar-refractivity contribution in [2.45, 2.75) is 26.8 Å². The van der Waals surface area contributed by atoms with Gasteiger partial charge in [-0.25, -0.2) is 0 Å². The topological polar surface area (TPSA) is 71.3 Å². The summed E-state index contributed by atoms with van der Waals surface area (Å²) in [5.74, 6) is 0.309. The van der Waals surface area contributed by atoms with Crippen molar-refractivity contribution >= 4 is 29.5 Å². The number of aryl methyl sites for hydroxylation is 1. The van der Waals surface area contributed by atoms with Crippen molar-refractivity contribution in [3.63, 3.8) is 0 Å². The molecule has 0 atom stereocenters. The molecule has 30 heavy (non-hydrogen) atoms. The number of hydrogen-bond acceptors (Lipinski definition) is 3. The zero-order valence-corrected chi connectivity index (χ0v) is 17.8. The molecule has 1 aromatic heterocycles. The van der Waals surface area contributed by atoms with Crippen molar-refractivity contribution in [2.24, 2.45) is 0 Å². The fourth-order valence-electron chi connectivity index (χ4n) is 2.74. The zero-order valence-electron chi connectivity index (χ0n) is 17.0. The predicted molar refractivity (Wildman–Crippen MR) is 119 cm³/mol. The van der Waals surface area contributed by atoms with E-state index in [4.69, 9.17) is 16.0 Å². The van der Waals surface area contributed by atoms with E-state index in [9.17, 15) is 9.59 Å². The highest BCUT2D eigenvalue weighted by Gasteiger charge is 2.16. The monoisotopic (exact) mass is 422 g/mol. The molecule has 0 aliphatic rings.